The fourth-order valence-corrected chi connectivity index (χ4v) is 3.11. The normalized spacial score (nSPS) is 13.4. The third-order valence-electron chi connectivity index (χ3n) is 2.01. The zero-order chi connectivity index (χ0) is 12.4. The first-order chi connectivity index (χ1) is 7.18. The topological polar surface area (TPSA) is 0 Å². The molecular formula is C12H15F3Sn. The molecule has 88 valence electrons. The average molecular weight is 335 g/mol. The van der Waals surface area contributed by atoms with Gasteiger partial charge in [-0.05, 0) is 0 Å². The summed E-state index contributed by atoms with van der Waals surface area (Å²) in [6, 6.07) is 5.27. The van der Waals surface area contributed by atoms with Gasteiger partial charge in [0.25, 0.3) is 0 Å². The molecule has 0 saturated heterocycles. The van der Waals surface area contributed by atoms with E-state index in [4.69, 9.17) is 0 Å². The summed E-state index contributed by atoms with van der Waals surface area (Å²) >= 11 is -1.97. The SMILES string of the molecule is [CH3][Sn]([CH3])([CH3])/[CH]=C\c1ccc(C(F)(F)F)cc1. The predicted molar refractivity (Wildman–Crippen MR) is 63.8 cm³/mol. The van der Waals surface area contributed by atoms with Gasteiger partial charge in [-0.3, -0.25) is 0 Å². The zero-order valence-corrected chi connectivity index (χ0v) is 12.5. The summed E-state index contributed by atoms with van der Waals surface area (Å²) in [5.74, 6) is 0. The molecule has 0 amide bonds. The minimum absolute atomic E-state index is 0.594. The van der Waals surface area contributed by atoms with Crippen molar-refractivity contribution < 1.29 is 13.2 Å². The van der Waals surface area contributed by atoms with Crippen molar-refractivity contribution in [2.24, 2.45) is 0 Å². The van der Waals surface area contributed by atoms with Crippen LogP contribution in [0.2, 0.25) is 14.8 Å². The first kappa shape index (κ1) is 13.6. The van der Waals surface area contributed by atoms with Gasteiger partial charge in [0.15, 0.2) is 0 Å². The Morgan fingerprint density at radius 1 is 1.00 bits per heavy atom. The molecule has 1 aromatic rings. The second-order valence-corrected chi connectivity index (χ2v) is 19.3. The van der Waals surface area contributed by atoms with Crippen LogP contribution in [-0.2, 0) is 6.18 Å². The molecule has 0 fully saturated rings. The monoisotopic (exact) mass is 336 g/mol. The third-order valence-corrected chi connectivity index (χ3v) is 5.34. The number of alkyl halides is 3. The Morgan fingerprint density at radius 2 is 1.50 bits per heavy atom. The van der Waals surface area contributed by atoms with Crippen molar-refractivity contribution in [3.05, 3.63) is 39.5 Å². The molecule has 0 aliphatic carbocycles. The van der Waals surface area contributed by atoms with Crippen LogP contribution < -0.4 is 0 Å². The summed E-state index contributed by atoms with van der Waals surface area (Å²) in [7, 11) is 0. The Morgan fingerprint density at radius 3 is 1.88 bits per heavy atom. The summed E-state index contributed by atoms with van der Waals surface area (Å²) in [5, 5.41) is 0. The van der Waals surface area contributed by atoms with E-state index in [1.165, 1.54) is 12.1 Å². The van der Waals surface area contributed by atoms with E-state index in [9.17, 15) is 13.2 Å². The van der Waals surface area contributed by atoms with Crippen molar-refractivity contribution in [2.45, 2.75) is 21.0 Å². The first-order valence-corrected chi connectivity index (χ1v) is 15.3. The molecule has 0 heterocycles. The summed E-state index contributed by atoms with van der Waals surface area (Å²) in [4.78, 5) is 6.74. The van der Waals surface area contributed by atoms with E-state index in [1.807, 2.05) is 6.08 Å². The third kappa shape index (κ3) is 4.59. The van der Waals surface area contributed by atoms with Crippen LogP contribution in [0.4, 0.5) is 13.2 Å². The Kier molecular flexibility index (Phi) is 4.10. The van der Waals surface area contributed by atoms with E-state index in [0.717, 1.165) is 17.7 Å². The van der Waals surface area contributed by atoms with Gasteiger partial charge in [-0.25, -0.2) is 0 Å². The van der Waals surface area contributed by atoms with Crippen molar-refractivity contribution >= 4 is 24.5 Å². The van der Waals surface area contributed by atoms with E-state index in [0.29, 0.717) is 0 Å². The fraction of sp³-hybridized carbons (Fsp3) is 0.333. The Balaban J connectivity index is 2.85. The van der Waals surface area contributed by atoms with E-state index < -0.39 is 30.1 Å². The maximum absolute atomic E-state index is 12.3. The van der Waals surface area contributed by atoms with E-state index in [2.05, 4.69) is 18.9 Å². The van der Waals surface area contributed by atoms with Crippen LogP contribution in [0, 0.1) is 0 Å². The van der Waals surface area contributed by atoms with Gasteiger partial charge in [0.1, 0.15) is 0 Å². The number of hydrogen-bond donors (Lipinski definition) is 0. The average Bonchev–Trinajstić information content (AvgIpc) is 2.13. The Labute approximate surface area is 98.0 Å². The molecule has 0 spiro atoms. The second-order valence-electron chi connectivity index (χ2n) is 4.82. The molecule has 0 aliphatic rings. The molecule has 1 aromatic carbocycles. The van der Waals surface area contributed by atoms with Crippen molar-refractivity contribution in [1.82, 2.24) is 0 Å². The molecule has 0 N–H and O–H groups in total. The first-order valence-electron chi connectivity index (χ1n) is 5.05. The van der Waals surface area contributed by atoms with Crippen molar-refractivity contribution in [1.29, 1.82) is 0 Å². The molecule has 0 aromatic heterocycles. The molecule has 0 unspecified atom stereocenters. The molecule has 4 heteroatoms. The van der Waals surface area contributed by atoms with E-state index >= 15 is 0 Å². The van der Waals surface area contributed by atoms with Gasteiger partial charge in [-0.15, -0.1) is 0 Å². The molecule has 0 radical (unpaired) electrons. The van der Waals surface area contributed by atoms with E-state index in [1.54, 1.807) is 0 Å². The van der Waals surface area contributed by atoms with Gasteiger partial charge in [0.2, 0.25) is 0 Å². The van der Waals surface area contributed by atoms with Gasteiger partial charge in [-0.2, -0.15) is 0 Å². The van der Waals surface area contributed by atoms with E-state index in [-0.39, 0.29) is 0 Å². The van der Waals surface area contributed by atoms with Gasteiger partial charge >= 0.3 is 98.1 Å². The van der Waals surface area contributed by atoms with Crippen LogP contribution in [0.5, 0.6) is 0 Å². The van der Waals surface area contributed by atoms with Crippen LogP contribution in [0.25, 0.3) is 6.08 Å². The van der Waals surface area contributed by atoms with Crippen LogP contribution in [-0.4, -0.2) is 18.4 Å². The van der Waals surface area contributed by atoms with Gasteiger partial charge in [-0.1, -0.05) is 0 Å². The molecule has 16 heavy (non-hydrogen) atoms. The molecule has 0 saturated carbocycles. The zero-order valence-electron chi connectivity index (χ0n) is 9.60. The number of benzene rings is 1. The quantitative estimate of drug-likeness (QED) is 0.693. The molecule has 0 bridgehead atoms. The van der Waals surface area contributed by atoms with Crippen LogP contribution in [0.15, 0.2) is 28.4 Å². The van der Waals surface area contributed by atoms with Gasteiger partial charge < -0.3 is 0 Å². The van der Waals surface area contributed by atoms with Gasteiger partial charge in [0.05, 0.1) is 0 Å². The Hall–Kier alpha value is -0.451. The summed E-state index contributed by atoms with van der Waals surface area (Å²) in [5.41, 5.74) is 0.239. The number of rotatable bonds is 2. The summed E-state index contributed by atoms with van der Waals surface area (Å²) in [6.07, 6.45) is -2.32. The molecule has 0 atom stereocenters. The summed E-state index contributed by atoms with van der Waals surface area (Å²) in [6.45, 7) is 0. The van der Waals surface area contributed by atoms with Gasteiger partial charge in [0, 0.05) is 0 Å². The van der Waals surface area contributed by atoms with Crippen molar-refractivity contribution in [3.63, 3.8) is 0 Å². The van der Waals surface area contributed by atoms with Crippen LogP contribution in [0.1, 0.15) is 11.1 Å². The second kappa shape index (κ2) is 4.82. The molecule has 1 rings (SSSR count). The molecule has 0 nitrogen and oxygen atoms in total. The van der Waals surface area contributed by atoms with Crippen molar-refractivity contribution in [2.75, 3.05) is 0 Å². The fourth-order valence-electron chi connectivity index (χ4n) is 1.13. The predicted octanol–water partition coefficient (Wildman–Crippen LogP) is 4.60. The number of halogens is 3. The van der Waals surface area contributed by atoms with Crippen molar-refractivity contribution in [3.8, 4) is 0 Å². The standard InChI is InChI=1S/C9H6F3.3CH3.Sn/c1-2-7-3-5-8(6-4-7)9(10,11)12;;;;/h1-6H;3*1H3;. The number of hydrogen-bond acceptors (Lipinski definition) is 0. The maximum atomic E-state index is 12.3. The summed E-state index contributed by atoms with van der Waals surface area (Å²) < 4.78 is 39.0. The Bertz CT molecular complexity index is 369. The molecule has 0 aliphatic heterocycles. The molecular weight excluding hydrogens is 320 g/mol. The minimum atomic E-state index is -4.24. The van der Waals surface area contributed by atoms with Crippen LogP contribution in [0.3, 0.4) is 0 Å². The van der Waals surface area contributed by atoms with Crippen LogP contribution >= 0.6 is 0 Å².